The molecule has 0 saturated carbocycles. The van der Waals surface area contributed by atoms with Crippen LogP contribution in [0.5, 0.6) is 5.88 Å². The van der Waals surface area contributed by atoms with Crippen molar-refractivity contribution in [3.8, 4) is 5.88 Å². The summed E-state index contributed by atoms with van der Waals surface area (Å²) in [5.41, 5.74) is 3.93. The molecule has 0 fully saturated rings. The maximum atomic E-state index is 12.7. The summed E-state index contributed by atoms with van der Waals surface area (Å²) in [4.78, 5) is 24.8. The van der Waals surface area contributed by atoms with Gasteiger partial charge in [0.25, 0.3) is 5.88 Å². The minimum Gasteiger partial charge on any atom is -0.475 e. The minimum atomic E-state index is -2.16. The van der Waals surface area contributed by atoms with Crippen molar-refractivity contribution in [3.63, 3.8) is 0 Å². The number of Topliss-reactive ketones (excluding diaryl/α,β-unsaturated/α-hetero) is 1. The van der Waals surface area contributed by atoms with Crippen LogP contribution in [0.4, 0.5) is 0 Å². The molecule has 2 aliphatic rings. The number of hydrogen-bond acceptors (Lipinski definition) is 7. The molecule has 118 valence electrons. The third kappa shape index (κ3) is 1.93. The van der Waals surface area contributed by atoms with E-state index in [0.717, 1.165) is 12.8 Å². The predicted molar refractivity (Wildman–Crippen MR) is 75.4 cm³/mol. The Kier molecular flexibility index (Phi) is 3.62. The lowest BCUT2D eigenvalue weighted by molar-refractivity contribution is -0.134. The number of hydrogen-bond donors (Lipinski definition) is 2. The summed E-state index contributed by atoms with van der Waals surface area (Å²) in [6, 6.07) is -0.789. The van der Waals surface area contributed by atoms with Gasteiger partial charge >= 0.3 is 0 Å². The molecule has 3 rings (SSSR count). The molecule has 3 atom stereocenters. The molecule has 0 radical (unpaired) electrons. The second-order valence-electron chi connectivity index (χ2n) is 5.66. The van der Waals surface area contributed by atoms with Crippen LogP contribution in [0.25, 0.3) is 0 Å². The Labute approximate surface area is 127 Å². The number of ether oxygens (including phenoxy) is 1. The highest BCUT2D eigenvalue weighted by molar-refractivity contribution is 6.23. The fraction of sp³-hybridized carbons (Fsp3) is 0.533. The molecule has 1 aromatic heterocycles. The first-order valence-electron chi connectivity index (χ1n) is 7.37. The molecule has 22 heavy (non-hydrogen) atoms. The number of ketones is 2. The average Bonchev–Trinajstić information content (AvgIpc) is 2.92. The van der Waals surface area contributed by atoms with E-state index in [1.807, 2.05) is 6.92 Å². The summed E-state index contributed by atoms with van der Waals surface area (Å²) >= 11 is 0. The first-order valence-corrected chi connectivity index (χ1v) is 7.37. The number of nitrogens with two attached hydrogens (primary N) is 1. The van der Waals surface area contributed by atoms with E-state index in [9.17, 15) is 14.7 Å². The molecule has 0 spiro atoms. The Balaban J connectivity index is 2.03. The fourth-order valence-electron chi connectivity index (χ4n) is 3.00. The smallest absolute Gasteiger partial charge is 0.265 e. The molecule has 0 amide bonds. The standard InChI is InChI=1S/C15H18N2O5/c1-2-3-7-21-14-10-12(22-17-14)11(16)8-5-4-6-9(18)15(8,20)13(10)19/h4,6,8,11,20H,2-3,5,7,16H2,1H3/t8-,11+,15-/m0/s1. The third-order valence-corrected chi connectivity index (χ3v) is 4.30. The van der Waals surface area contributed by atoms with Gasteiger partial charge in [-0.2, -0.15) is 0 Å². The summed E-state index contributed by atoms with van der Waals surface area (Å²) in [7, 11) is 0. The van der Waals surface area contributed by atoms with Crippen LogP contribution in [0.15, 0.2) is 16.7 Å². The van der Waals surface area contributed by atoms with Gasteiger partial charge < -0.3 is 20.1 Å². The van der Waals surface area contributed by atoms with E-state index in [-0.39, 0.29) is 17.2 Å². The van der Waals surface area contributed by atoms with Crippen molar-refractivity contribution in [2.75, 3.05) is 6.61 Å². The highest BCUT2D eigenvalue weighted by atomic mass is 16.5. The first kappa shape index (κ1) is 14.9. The zero-order chi connectivity index (χ0) is 15.9. The summed E-state index contributed by atoms with van der Waals surface area (Å²) in [5.74, 6) is -1.97. The predicted octanol–water partition coefficient (Wildman–Crippen LogP) is 0.926. The van der Waals surface area contributed by atoms with E-state index in [0.29, 0.717) is 13.0 Å². The molecule has 7 nitrogen and oxygen atoms in total. The van der Waals surface area contributed by atoms with Gasteiger partial charge in [0.15, 0.2) is 17.1 Å². The van der Waals surface area contributed by atoms with Crippen molar-refractivity contribution in [1.82, 2.24) is 5.16 Å². The lowest BCUT2D eigenvalue weighted by atomic mass is 9.66. The number of carbonyl (C=O) groups excluding carboxylic acids is 2. The van der Waals surface area contributed by atoms with Crippen molar-refractivity contribution in [2.24, 2.45) is 11.7 Å². The van der Waals surface area contributed by atoms with Gasteiger partial charge in [0.1, 0.15) is 5.56 Å². The first-order chi connectivity index (χ1) is 10.5. The number of allylic oxidation sites excluding steroid dienone is 1. The van der Waals surface area contributed by atoms with E-state index in [2.05, 4.69) is 5.16 Å². The van der Waals surface area contributed by atoms with Crippen molar-refractivity contribution in [3.05, 3.63) is 23.5 Å². The van der Waals surface area contributed by atoms with Crippen LogP contribution in [0, 0.1) is 5.92 Å². The number of rotatable bonds is 4. The van der Waals surface area contributed by atoms with Crippen LogP contribution in [-0.2, 0) is 4.79 Å². The quantitative estimate of drug-likeness (QED) is 0.627. The van der Waals surface area contributed by atoms with E-state index in [1.165, 1.54) is 6.08 Å². The van der Waals surface area contributed by atoms with Crippen LogP contribution in [0.1, 0.15) is 48.3 Å². The molecule has 3 N–H and O–H groups in total. The minimum absolute atomic E-state index is 0.00173. The largest absolute Gasteiger partial charge is 0.475 e. The summed E-state index contributed by atoms with van der Waals surface area (Å²) in [5, 5.41) is 14.4. The highest BCUT2D eigenvalue weighted by Crippen LogP contribution is 2.46. The molecule has 0 aliphatic heterocycles. The number of fused-ring (bicyclic) bond motifs is 2. The van der Waals surface area contributed by atoms with Crippen LogP contribution < -0.4 is 10.5 Å². The van der Waals surface area contributed by atoms with Crippen molar-refractivity contribution >= 4 is 11.6 Å². The zero-order valence-corrected chi connectivity index (χ0v) is 12.2. The van der Waals surface area contributed by atoms with Gasteiger partial charge in [-0.25, -0.2) is 0 Å². The molecule has 7 heteroatoms. The molecular formula is C15H18N2O5. The molecule has 1 heterocycles. The molecule has 0 unspecified atom stereocenters. The maximum absolute atomic E-state index is 12.7. The number of nitrogens with zero attached hydrogens (tertiary/aromatic N) is 1. The van der Waals surface area contributed by atoms with E-state index in [1.54, 1.807) is 6.08 Å². The summed E-state index contributed by atoms with van der Waals surface area (Å²) < 4.78 is 10.6. The van der Waals surface area contributed by atoms with E-state index < -0.39 is 29.1 Å². The number of carbonyl (C=O) groups is 2. The normalized spacial score (nSPS) is 30.1. The fourth-order valence-corrected chi connectivity index (χ4v) is 3.00. The summed E-state index contributed by atoms with van der Waals surface area (Å²) in [6.45, 7) is 2.37. The molecule has 1 aromatic rings. The second kappa shape index (κ2) is 5.33. The molecule has 2 aliphatic carbocycles. The summed E-state index contributed by atoms with van der Waals surface area (Å²) in [6.07, 6.45) is 4.85. The number of unbranched alkanes of at least 4 members (excludes halogenated alkanes) is 1. The van der Waals surface area contributed by atoms with Gasteiger partial charge in [-0.1, -0.05) is 19.4 Å². The lowest BCUT2D eigenvalue weighted by Gasteiger charge is -2.40. The van der Waals surface area contributed by atoms with Crippen LogP contribution in [0.3, 0.4) is 0 Å². The van der Waals surface area contributed by atoms with Crippen LogP contribution in [0.2, 0.25) is 0 Å². The van der Waals surface area contributed by atoms with Gasteiger partial charge in [0.2, 0.25) is 5.78 Å². The molecule has 0 aromatic carbocycles. The van der Waals surface area contributed by atoms with Gasteiger partial charge in [-0.15, -0.1) is 0 Å². The number of aromatic nitrogens is 1. The van der Waals surface area contributed by atoms with Crippen LogP contribution >= 0.6 is 0 Å². The Morgan fingerprint density at radius 3 is 3.05 bits per heavy atom. The van der Waals surface area contributed by atoms with E-state index in [4.69, 9.17) is 15.0 Å². The van der Waals surface area contributed by atoms with Crippen molar-refractivity contribution in [1.29, 1.82) is 0 Å². The van der Waals surface area contributed by atoms with Crippen molar-refractivity contribution in [2.45, 2.75) is 37.8 Å². The SMILES string of the molecule is CCCCOc1noc2c1C(=O)[C@@]1(O)C(=O)C=CC[C@H]1[C@H]2N. The molecule has 0 saturated heterocycles. The van der Waals surface area contributed by atoms with Crippen LogP contribution in [-0.4, -0.2) is 34.0 Å². The average molecular weight is 306 g/mol. The lowest BCUT2D eigenvalue weighted by Crippen LogP contribution is -2.59. The number of aliphatic hydroxyl groups is 1. The molecule has 0 bridgehead atoms. The second-order valence-corrected chi connectivity index (χ2v) is 5.66. The Bertz CT molecular complexity index is 650. The maximum Gasteiger partial charge on any atom is 0.265 e. The zero-order valence-electron chi connectivity index (χ0n) is 12.2. The van der Waals surface area contributed by atoms with Gasteiger partial charge in [-0.3, -0.25) is 9.59 Å². The van der Waals surface area contributed by atoms with Crippen molar-refractivity contribution < 1.29 is 24.0 Å². The molecular weight excluding hydrogens is 288 g/mol. The topological polar surface area (TPSA) is 116 Å². The Hall–Kier alpha value is -1.99. The van der Waals surface area contributed by atoms with E-state index >= 15 is 0 Å². The highest BCUT2D eigenvalue weighted by Gasteiger charge is 2.59. The Morgan fingerprint density at radius 2 is 2.32 bits per heavy atom. The van der Waals surface area contributed by atoms with Gasteiger partial charge in [0.05, 0.1) is 12.6 Å². The Morgan fingerprint density at radius 1 is 1.55 bits per heavy atom. The van der Waals surface area contributed by atoms with Gasteiger partial charge in [0, 0.05) is 5.92 Å². The monoisotopic (exact) mass is 306 g/mol. The van der Waals surface area contributed by atoms with Gasteiger partial charge in [-0.05, 0) is 24.1 Å². The third-order valence-electron chi connectivity index (χ3n) is 4.30.